The number of nitrogens with one attached hydrogen (secondary N) is 1. The van der Waals surface area contributed by atoms with Gasteiger partial charge in [0.05, 0.1) is 12.1 Å². The molecule has 28 heavy (non-hydrogen) atoms. The second kappa shape index (κ2) is 8.79. The number of aromatic nitrogens is 4. The van der Waals surface area contributed by atoms with E-state index in [1.165, 1.54) is 25.9 Å². The zero-order valence-electron chi connectivity index (χ0n) is 16.2. The predicted molar refractivity (Wildman–Crippen MR) is 104 cm³/mol. The van der Waals surface area contributed by atoms with Crippen LogP contribution in [0.5, 0.6) is 0 Å². The SMILES string of the molecule is O=C(Cc1ccc(-n2cnnn2)cc1)NCC1(CN2CCCC2)CCOCC1. The Morgan fingerprint density at radius 1 is 1.14 bits per heavy atom. The lowest BCUT2D eigenvalue weighted by Gasteiger charge is -2.40. The van der Waals surface area contributed by atoms with Gasteiger partial charge in [-0.1, -0.05) is 12.1 Å². The Balaban J connectivity index is 1.31. The van der Waals surface area contributed by atoms with Gasteiger partial charge in [-0.2, -0.15) is 0 Å². The molecule has 0 saturated carbocycles. The number of hydrogen-bond acceptors (Lipinski definition) is 6. The molecule has 2 fully saturated rings. The summed E-state index contributed by atoms with van der Waals surface area (Å²) in [6, 6.07) is 7.74. The summed E-state index contributed by atoms with van der Waals surface area (Å²) in [6.45, 7) is 5.75. The van der Waals surface area contributed by atoms with Crippen LogP contribution in [0.25, 0.3) is 5.69 Å². The Labute approximate surface area is 165 Å². The van der Waals surface area contributed by atoms with E-state index in [9.17, 15) is 4.79 Å². The Morgan fingerprint density at radius 3 is 2.57 bits per heavy atom. The van der Waals surface area contributed by atoms with Crippen molar-refractivity contribution >= 4 is 5.91 Å². The predicted octanol–water partition coefficient (Wildman–Crippen LogP) is 1.21. The van der Waals surface area contributed by atoms with Gasteiger partial charge in [-0.05, 0) is 66.9 Å². The first-order valence-corrected chi connectivity index (χ1v) is 10.1. The molecule has 2 saturated heterocycles. The lowest BCUT2D eigenvalue weighted by Crippen LogP contribution is -2.48. The van der Waals surface area contributed by atoms with Crippen LogP contribution >= 0.6 is 0 Å². The number of nitrogens with zero attached hydrogens (tertiary/aromatic N) is 5. The molecule has 0 unspecified atom stereocenters. The molecule has 4 rings (SSSR count). The summed E-state index contributed by atoms with van der Waals surface area (Å²) in [5.74, 6) is 0.0717. The van der Waals surface area contributed by atoms with Gasteiger partial charge < -0.3 is 15.0 Å². The molecule has 3 heterocycles. The Bertz CT molecular complexity index is 750. The van der Waals surface area contributed by atoms with Crippen molar-refractivity contribution in [3.8, 4) is 5.69 Å². The number of benzene rings is 1. The van der Waals surface area contributed by atoms with Gasteiger partial charge in [0.1, 0.15) is 6.33 Å². The van der Waals surface area contributed by atoms with E-state index in [-0.39, 0.29) is 11.3 Å². The van der Waals surface area contributed by atoms with Gasteiger partial charge in [-0.15, -0.1) is 5.10 Å². The molecule has 2 aliphatic heterocycles. The fourth-order valence-electron chi connectivity index (χ4n) is 4.19. The smallest absolute Gasteiger partial charge is 0.224 e. The first-order valence-electron chi connectivity index (χ1n) is 10.1. The van der Waals surface area contributed by atoms with E-state index in [0.717, 1.165) is 50.4 Å². The summed E-state index contributed by atoms with van der Waals surface area (Å²) in [5, 5.41) is 14.3. The minimum atomic E-state index is 0.0717. The normalized spacial score (nSPS) is 19.6. The summed E-state index contributed by atoms with van der Waals surface area (Å²) in [7, 11) is 0. The highest BCUT2D eigenvalue weighted by Crippen LogP contribution is 2.32. The molecule has 0 spiro atoms. The van der Waals surface area contributed by atoms with Gasteiger partial charge in [-0.25, -0.2) is 4.68 Å². The second-order valence-electron chi connectivity index (χ2n) is 7.97. The second-order valence-corrected chi connectivity index (χ2v) is 7.97. The van der Waals surface area contributed by atoms with Crippen molar-refractivity contribution < 1.29 is 9.53 Å². The molecule has 0 bridgehead atoms. The van der Waals surface area contributed by atoms with Gasteiger partial charge in [0.15, 0.2) is 0 Å². The first-order chi connectivity index (χ1) is 13.7. The maximum Gasteiger partial charge on any atom is 0.224 e. The number of ether oxygens (including phenoxy) is 1. The van der Waals surface area contributed by atoms with Crippen LogP contribution in [0.3, 0.4) is 0 Å². The monoisotopic (exact) mass is 384 g/mol. The van der Waals surface area contributed by atoms with Gasteiger partial charge in [-0.3, -0.25) is 4.79 Å². The summed E-state index contributed by atoms with van der Waals surface area (Å²) in [5.41, 5.74) is 2.00. The molecule has 0 atom stereocenters. The standard InChI is InChI=1S/C20H28N6O2/c27-19(13-17-3-5-18(6-4-17)26-16-22-23-24-26)21-14-20(7-11-28-12-8-20)15-25-9-1-2-10-25/h3-6,16H,1-2,7-15H2,(H,21,27). The number of tetrazole rings is 1. The van der Waals surface area contributed by atoms with E-state index in [1.54, 1.807) is 11.0 Å². The average Bonchev–Trinajstić information content (AvgIpc) is 3.42. The molecule has 2 aromatic rings. The van der Waals surface area contributed by atoms with Gasteiger partial charge in [0.25, 0.3) is 0 Å². The van der Waals surface area contributed by atoms with Crippen molar-refractivity contribution in [2.45, 2.75) is 32.1 Å². The largest absolute Gasteiger partial charge is 0.381 e. The average molecular weight is 384 g/mol. The number of carbonyl (C=O) groups excluding carboxylic acids is 1. The van der Waals surface area contributed by atoms with E-state index in [1.807, 2.05) is 24.3 Å². The van der Waals surface area contributed by atoms with Crippen LogP contribution in [0, 0.1) is 5.41 Å². The van der Waals surface area contributed by atoms with Crippen LogP contribution in [0.2, 0.25) is 0 Å². The van der Waals surface area contributed by atoms with Crippen molar-refractivity contribution in [2.75, 3.05) is 39.4 Å². The highest BCUT2D eigenvalue weighted by Gasteiger charge is 2.35. The van der Waals surface area contributed by atoms with Crippen molar-refractivity contribution in [3.05, 3.63) is 36.2 Å². The first kappa shape index (κ1) is 19.0. The molecule has 1 amide bonds. The van der Waals surface area contributed by atoms with Gasteiger partial charge in [0, 0.05) is 31.7 Å². The fourth-order valence-corrected chi connectivity index (χ4v) is 4.19. The molecule has 0 aliphatic carbocycles. The van der Waals surface area contributed by atoms with Crippen molar-refractivity contribution in [1.82, 2.24) is 30.4 Å². The van der Waals surface area contributed by atoms with Crippen molar-refractivity contribution in [3.63, 3.8) is 0 Å². The Morgan fingerprint density at radius 2 is 1.89 bits per heavy atom. The van der Waals surface area contributed by atoms with Crippen LogP contribution < -0.4 is 5.32 Å². The molecule has 8 heteroatoms. The Hall–Kier alpha value is -2.32. The zero-order chi connectivity index (χ0) is 19.2. The van der Waals surface area contributed by atoms with E-state index >= 15 is 0 Å². The third kappa shape index (κ3) is 4.74. The maximum atomic E-state index is 12.6. The summed E-state index contributed by atoms with van der Waals surface area (Å²) in [4.78, 5) is 15.1. The van der Waals surface area contributed by atoms with Crippen LogP contribution in [0.1, 0.15) is 31.2 Å². The lowest BCUT2D eigenvalue weighted by molar-refractivity contribution is -0.121. The highest BCUT2D eigenvalue weighted by atomic mass is 16.5. The molecule has 1 N–H and O–H groups in total. The fraction of sp³-hybridized carbons (Fsp3) is 0.600. The van der Waals surface area contributed by atoms with Crippen molar-refractivity contribution in [2.24, 2.45) is 5.41 Å². The number of rotatable bonds is 7. The summed E-state index contributed by atoms with van der Waals surface area (Å²) < 4.78 is 7.18. The van der Waals surface area contributed by atoms with E-state index in [4.69, 9.17) is 4.74 Å². The molecule has 8 nitrogen and oxygen atoms in total. The number of hydrogen-bond donors (Lipinski definition) is 1. The van der Waals surface area contributed by atoms with Crippen LogP contribution in [-0.4, -0.2) is 70.4 Å². The third-order valence-corrected chi connectivity index (χ3v) is 5.89. The molecular formula is C20H28N6O2. The maximum absolute atomic E-state index is 12.6. The summed E-state index contributed by atoms with van der Waals surface area (Å²) >= 11 is 0. The minimum Gasteiger partial charge on any atom is -0.381 e. The Kier molecular flexibility index (Phi) is 5.97. The van der Waals surface area contributed by atoms with Crippen molar-refractivity contribution in [1.29, 1.82) is 0 Å². The molecular weight excluding hydrogens is 356 g/mol. The zero-order valence-corrected chi connectivity index (χ0v) is 16.2. The van der Waals surface area contributed by atoms with E-state index < -0.39 is 0 Å². The van der Waals surface area contributed by atoms with Crippen LogP contribution in [-0.2, 0) is 16.0 Å². The molecule has 1 aromatic carbocycles. The molecule has 0 radical (unpaired) electrons. The number of amides is 1. The number of carbonyl (C=O) groups is 1. The quantitative estimate of drug-likeness (QED) is 0.772. The number of likely N-dealkylation sites (tertiary alicyclic amines) is 1. The lowest BCUT2D eigenvalue weighted by atomic mass is 9.79. The van der Waals surface area contributed by atoms with Crippen LogP contribution in [0.15, 0.2) is 30.6 Å². The van der Waals surface area contributed by atoms with Gasteiger partial charge in [0.2, 0.25) is 5.91 Å². The highest BCUT2D eigenvalue weighted by molar-refractivity contribution is 5.78. The third-order valence-electron chi connectivity index (χ3n) is 5.89. The van der Waals surface area contributed by atoms with E-state index in [2.05, 4.69) is 25.7 Å². The molecule has 150 valence electrons. The van der Waals surface area contributed by atoms with Crippen LogP contribution in [0.4, 0.5) is 0 Å². The topological polar surface area (TPSA) is 85.2 Å². The molecule has 1 aromatic heterocycles. The van der Waals surface area contributed by atoms with Gasteiger partial charge >= 0.3 is 0 Å². The van der Waals surface area contributed by atoms with E-state index in [0.29, 0.717) is 6.42 Å². The minimum absolute atomic E-state index is 0.0717. The summed E-state index contributed by atoms with van der Waals surface area (Å²) in [6.07, 6.45) is 6.55. The molecule has 2 aliphatic rings.